The molecule has 0 aliphatic rings. The highest BCUT2D eigenvalue weighted by Crippen LogP contribution is 2.21. The van der Waals surface area contributed by atoms with Gasteiger partial charge in [-0.15, -0.1) is 0 Å². The third-order valence-corrected chi connectivity index (χ3v) is 3.26. The number of aryl methyl sites for hydroxylation is 2. The molecule has 0 aliphatic carbocycles. The zero-order valence-electron chi connectivity index (χ0n) is 13.8. The second-order valence-corrected chi connectivity index (χ2v) is 5.15. The van der Waals surface area contributed by atoms with Gasteiger partial charge in [0.15, 0.2) is 0 Å². The lowest BCUT2D eigenvalue weighted by atomic mass is 10.0. The summed E-state index contributed by atoms with van der Waals surface area (Å²) in [5, 5.41) is 1.64. The molecule has 0 aliphatic heterocycles. The summed E-state index contributed by atoms with van der Waals surface area (Å²) in [6, 6.07) is 14.6. The van der Waals surface area contributed by atoms with Crippen LogP contribution < -0.4 is 22.1 Å². The van der Waals surface area contributed by atoms with Gasteiger partial charge in [0.1, 0.15) is 0 Å². The van der Waals surface area contributed by atoms with Gasteiger partial charge >= 0.3 is 0 Å². The summed E-state index contributed by atoms with van der Waals surface area (Å²) < 4.78 is 0. The molecule has 0 aromatic heterocycles. The van der Waals surface area contributed by atoms with E-state index in [0.717, 1.165) is 11.3 Å². The van der Waals surface area contributed by atoms with Gasteiger partial charge in [-0.3, -0.25) is 10.2 Å². The van der Waals surface area contributed by atoms with Crippen molar-refractivity contribution in [1.29, 1.82) is 0 Å². The number of benzene rings is 2. The molecule has 5 heteroatoms. The minimum atomic E-state index is 0.403. The van der Waals surface area contributed by atoms with Crippen LogP contribution in [0.15, 0.2) is 42.5 Å². The van der Waals surface area contributed by atoms with Crippen LogP contribution in [0.25, 0.3) is 12.2 Å². The zero-order chi connectivity index (χ0) is 17.2. The van der Waals surface area contributed by atoms with E-state index in [0.29, 0.717) is 6.41 Å². The first-order chi connectivity index (χ1) is 11.0. The first-order valence-corrected chi connectivity index (χ1v) is 7.22. The second kappa shape index (κ2) is 9.40. The SMILES string of the molecule is Cc1ccc(C)c(/C=C/c2ccccc2N(C)N)c1.NNC=O. The van der Waals surface area contributed by atoms with Crippen molar-refractivity contribution in [3.05, 3.63) is 64.7 Å². The molecular formula is C18H24N4O. The molecule has 0 fully saturated rings. The summed E-state index contributed by atoms with van der Waals surface area (Å²) in [5.41, 5.74) is 7.68. The van der Waals surface area contributed by atoms with Crippen LogP contribution >= 0.6 is 0 Å². The van der Waals surface area contributed by atoms with Crippen LogP contribution in [0.4, 0.5) is 5.69 Å². The van der Waals surface area contributed by atoms with E-state index in [1.165, 1.54) is 16.7 Å². The lowest BCUT2D eigenvalue weighted by molar-refractivity contribution is -0.109. The number of nitrogens with two attached hydrogens (primary N) is 2. The molecule has 0 radical (unpaired) electrons. The summed E-state index contributed by atoms with van der Waals surface area (Å²) >= 11 is 0. The van der Waals surface area contributed by atoms with Gasteiger partial charge in [0.05, 0.1) is 5.69 Å². The van der Waals surface area contributed by atoms with Crippen LogP contribution in [0.1, 0.15) is 22.3 Å². The van der Waals surface area contributed by atoms with Crippen LogP contribution in [0.3, 0.4) is 0 Å². The number of hydrogen-bond acceptors (Lipinski definition) is 4. The number of rotatable bonds is 4. The van der Waals surface area contributed by atoms with E-state index in [4.69, 9.17) is 10.6 Å². The third kappa shape index (κ3) is 5.94. The normalized spacial score (nSPS) is 9.96. The maximum Gasteiger partial charge on any atom is 0.221 e. The predicted octanol–water partition coefficient (Wildman–Crippen LogP) is 2.39. The van der Waals surface area contributed by atoms with Gasteiger partial charge in [0, 0.05) is 7.05 Å². The Morgan fingerprint density at radius 3 is 2.26 bits per heavy atom. The Balaban J connectivity index is 0.000000593. The maximum atomic E-state index is 8.94. The smallest absolute Gasteiger partial charge is 0.221 e. The molecule has 122 valence electrons. The highest BCUT2D eigenvalue weighted by molar-refractivity contribution is 5.77. The molecule has 2 rings (SSSR count). The Bertz CT molecular complexity index is 666. The average molecular weight is 312 g/mol. The molecule has 1 amide bonds. The number of nitrogens with one attached hydrogen (secondary N) is 1. The molecule has 0 heterocycles. The van der Waals surface area contributed by atoms with Crippen molar-refractivity contribution in [2.45, 2.75) is 13.8 Å². The van der Waals surface area contributed by atoms with E-state index in [1.807, 2.05) is 25.2 Å². The summed E-state index contributed by atoms with van der Waals surface area (Å²) in [4.78, 5) is 8.94. The zero-order valence-corrected chi connectivity index (χ0v) is 13.8. The Morgan fingerprint density at radius 2 is 1.65 bits per heavy atom. The van der Waals surface area contributed by atoms with Crippen LogP contribution in [-0.4, -0.2) is 13.5 Å². The van der Waals surface area contributed by atoms with Crippen molar-refractivity contribution in [3.63, 3.8) is 0 Å². The van der Waals surface area contributed by atoms with Crippen molar-refractivity contribution in [1.82, 2.24) is 5.43 Å². The van der Waals surface area contributed by atoms with Crippen LogP contribution in [-0.2, 0) is 4.79 Å². The number of carbonyl (C=O) groups is 1. The lowest BCUT2D eigenvalue weighted by Gasteiger charge is -2.14. The number of hydrogen-bond donors (Lipinski definition) is 3. The minimum absolute atomic E-state index is 0.403. The van der Waals surface area contributed by atoms with Crippen molar-refractivity contribution in [2.24, 2.45) is 11.7 Å². The fraction of sp³-hybridized carbons (Fsp3) is 0.167. The first-order valence-electron chi connectivity index (χ1n) is 7.22. The average Bonchev–Trinajstić information content (AvgIpc) is 2.56. The van der Waals surface area contributed by atoms with E-state index < -0.39 is 0 Å². The van der Waals surface area contributed by atoms with Crippen molar-refractivity contribution < 1.29 is 4.79 Å². The summed E-state index contributed by atoms with van der Waals surface area (Å²) in [6.45, 7) is 4.23. The van der Waals surface area contributed by atoms with Crippen LogP contribution in [0.2, 0.25) is 0 Å². The third-order valence-electron chi connectivity index (χ3n) is 3.26. The molecule has 0 atom stereocenters. The van der Waals surface area contributed by atoms with E-state index in [1.54, 1.807) is 10.4 Å². The minimum Gasteiger partial charge on any atom is -0.314 e. The molecule has 5 nitrogen and oxygen atoms in total. The number of amides is 1. The molecular weight excluding hydrogens is 288 g/mol. The molecule has 0 saturated heterocycles. The van der Waals surface area contributed by atoms with Gasteiger partial charge in [-0.05, 0) is 36.6 Å². The number of hydrazine groups is 2. The molecule has 0 unspecified atom stereocenters. The van der Waals surface area contributed by atoms with E-state index >= 15 is 0 Å². The highest BCUT2D eigenvalue weighted by atomic mass is 16.1. The largest absolute Gasteiger partial charge is 0.314 e. The van der Waals surface area contributed by atoms with Gasteiger partial charge in [-0.25, -0.2) is 11.7 Å². The van der Waals surface area contributed by atoms with Gasteiger partial charge in [0.25, 0.3) is 0 Å². The fourth-order valence-corrected chi connectivity index (χ4v) is 2.07. The standard InChI is InChI=1S/C17H20N2.CH4N2O/c1-13-8-9-14(2)16(12-13)11-10-15-6-4-5-7-17(15)19(3)18;2-3-1-4/h4-12H,18H2,1-3H3;1H,2H2,(H,3,4)/b11-10+;. The Kier molecular flexibility index (Phi) is 7.53. The van der Waals surface area contributed by atoms with E-state index in [2.05, 4.69) is 56.1 Å². The molecule has 2 aromatic rings. The molecule has 0 spiro atoms. The second-order valence-electron chi connectivity index (χ2n) is 5.15. The number of para-hydroxylation sites is 1. The first kappa shape index (κ1) is 18.4. The quantitative estimate of drug-likeness (QED) is 0.266. The van der Waals surface area contributed by atoms with Crippen molar-refractivity contribution in [3.8, 4) is 0 Å². The van der Waals surface area contributed by atoms with Crippen LogP contribution in [0.5, 0.6) is 0 Å². The van der Waals surface area contributed by atoms with Crippen molar-refractivity contribution >= 4 is 24.2 Å². The number of carbonyl (C=O) groups excluding carboxylic acids is 1. The van der Waals surface area contributed by atoms with Gasteiger partial charge in [-0.1, -0.05) is 54.1 Å². The molecule has 0 saturated carbocycles. The summed E-state index contributed by atoms with van der Waals surface area (Å²) in [7, 11) is 1.85. The van der Waals surface area contributed by atoms with Crippen molar-refractivity contribution in [2.75, 3.05) is 12.1 Å². The van der Waals surface area contributed by atoms with Gasteiger partial charge in [0.2, 0.25) is 6.41 Å². The van der Waals surface area contributed by atoms with E-state index in [9.17, 15) is 0 Å². The molecule has 0 bridgehead atoms. The Labute approximate surface area is 137 Å². The van der Waals surface area contributed by atoms with Gasteiger partial charge < -0.3 is 5.01 Å². The monoisotopic (exact) mass is 312 g/mol. The molecule has 2 aromatic carbocycles. The van der Waals surface area contributed by atoms with Gasteiger partial charge in [-0.2, -0.15) is 0 Å². The molecule has 5 N–H and O–H groups in total. The van der Waals surface area contributed by atoms with E-state index in [-0.39, 0.29) is 0 Å². The Morgan fingerprint density at radius 1 is 1.04 bits per heavy atom. The highest BCUT2D eigenvalue weighted by Gasteiger charge is 2.01. The number of anilines is 1. The summed E-state index contributed by atoms with van der Waals surface area (Å²) in [5.74, 6) is 10.2. The van der Waals surface area contributed by atoms with Crippen LogP contribution in [0, 0.1) is 13.8 Å². The maximum absolute atomic E-state index is 8.94. The molecule has 23 heavy (non-hydrogen) atoms. The Hall–Kier alpha value is -2.63. The number of nitrogens with zero attached hydrogens (tertiary/aromatic N) is 1. The lowest BCUT2D eigenvalue weighted by Crippen LogP contribution is -2.25. The summed E-state index contributed by atoms with van der Waals surface area (Å²) in [6.07, 6.45) is 4.66. The predicted molar refractivity (Wildman–Crippen MR) is 97.3 cm³/mol. The fourth-order valence-electron chi connectivity index (χ4n) is 2.07. The topological polar surface area (TPSA) is 84.4 Å².